The van der Waals surface area contributed by atoms with Crippen LogP contribution in [0, 0.1) is 0 Å². The number of amides is 1. The molecule has 0 saturated heterocycles. The van der Waals surface area contributed by atoms with Crippen LogP contribution in [-0.4, -0.2) is 38.7 Å². The molecule has 0 saturated carbocycles. The Hall–Kier alpha value is -3.83. The second kappa shape index (κ2) is 9.32. The maximum atomic E-state index is 13.6. The molecule has 1 amide bonds. The number of para-hydroxylation sites is 2. The third kappa shape index (κ3) is 4.20. The molecule has 1 aliphatic heterocycles. The third-order valence-corrected chi connectivity index (χ3v) is 8.66. The molecule has 4 aromatic rings. The Kier molecular flexibility index (Phi) is 6.19. The van der Waals surface area contributed by atoms with Gasteiger partial charge in [-0.05, 0) is 61.5 Å². The highest BCUT2D eigenvalue weighted by molar-refractivity contribution is 7.92. The van der Waals surface area contributed by atoms with Crippen LogP contribution in [0.25, 0.3) is 10.2 Å². The van der Waals surface area contributed by atoms with E-state index in [1.54, 1.807) is 59.2 Å². The molecule has 11 heteroatoms. The zero-order valence-corrected chi connectivity index (χ0v) is 21.1. The van der Waals surface area contributed by atoms with Crippen molar-refractivity contribution < 1.29 is 22.7 Å². The third-order valence-electron chi connectivity index (χ3n) is 5.93. The summed E-state index contributed by atoms with van der Waals surface area (Å²) in [5, 5.41) is 2.80. The number of hydrogen-bond donors (Lipinski definition) is 1. The number of ether oxygens (including phenoxy) is 2. The molecule has 0 unspecified atom stereocenters. The summed E-state index contributed by atoms with van der Waals surface area (Å²) < 4.78 is 41.7. The molecule has 2 heterocycles. The number of anilines is 2. The van der Waals surface area contributed by atoms with Crippen molar-refractivity contribution in [2.45, 2.75) is 24.5 Å². The minimum absolute atomic E-state index is 0.0671. The van der Waals surface area contributed by atoms with Crippen LogP contribution in [0.15, 0.2) is 76.4 Å². The van der Waals surface area contributed by atoms with Gasteiger partial charge in [-0.15, -0.1) is 0 Å². The quantitative estimate of drug-likeness (QED) is 0.412. The first-order chi connectivity index (χ1) is 17.3. The number of carbonyl (C=O) groups is 1. The molecule has 0 bridgehead atoms. The molecule has 3 aromatic carbocycles. The molecule has 9 nitrogen and oxygen atoms in total. The number of nitrogens with one attached hydrogen (secondary N) is 1. The van der Waals surface area contributed by atoms with Gasteiger partial charge in [0.1, 0.15) is 11.5 Å². The van der Waals surface area contributed by atoms with Crippen LogP contribution in [0.5, 0.6) is 11.5 Å². The van der Waals surface area contributed by atoms with Gasteiger partial charge in [-0.3, -0.25) is 18.5 Å². The molecule has 1 N–H and O–H groups in total. The Morgan fingerprint density at radius 3 is 2.61 bits per heavy atom. The van der Waals surface area contributed by atoms with E-state index in [-0.39, 0.29) is 22.1 Å². The smallest absolute Gasteiger partial charge is 0.308 e. The topological polar surface area (TPSA) is 107 Å². The summed E-state index contributed by atoms with van der Waals surface area (Å²) in [6, 6.07) is 18.0. The van der Waals surface area contributed by atoms with Crippen LogP contribution in [0.2, 0.25) is 0 Å². The van der Waals surface area contributed by atoms with E-state index in [9.17, 15) is 18.0 Å². The number of fused-ring (bicyclic) bond motifs is 2. The van der Waals surface area contributed by atoms with Crippen LogP contribution in [0.1, 0.15) is 6.92 Å². The summed E-state index contributed by atoms with van der Waals surface area (Å²) in [7, 11) is -2.49. The summed E-state index contributed by atoms with van der Waals surface area (Å²) in [6.07, 6.45) is -1.09. The Morgan fingerprint density at radius 1 is 1.14 bits per heavy atom. The normalized spacial score (nSPS) is 15.3. The zero-order valence-electron chi connectivity index (χ0n) is 19.5. The maximum Gasteiger partial charge on any atom is 0.308 e. The number of nitrogens with zero attached hydrogens (tertiary/aromatic N) is 2. The van der Waals surface area contributed by atoms with Crippen molar-refractivity contribution >= 4 is 48.9 Å². The van der Waals surface area contributed by atoms with Crippen molar-refractivity contribution in [3.63, 3.8) is 0 Å². The van der Waals surface area contributed by atoms with E-state index in [0.717, 1.165) is 21.6 Å². The van der Waals surface area contributed by atoms with Crippen molar-refractivity contribution in [1.29, 1.82) is 0 Å². The lowest BCUT2D eigenvalue weighted by molar-refractivity contribution is -0.122. The van der Waals surface area contributed by atoms with E-state index in [1.165, 1.54) is 23.5 Å². The first-order valence-corrected chi connectivity index (χ1v) is 13.4. The van der Waals surface area contributed by atoms with Gasteiger partial charge in [-0.2, -0.15) is 0 Å². The first kappa shape index (κ1) is 23.9. The first-order valence-electron chi connectivity index (χ1n) is 11.2. The molecule has 0 aliphatic carbocycles. The predicted octanol–water partition coefficient (Wildman–Crippen LogP) is 3.69. The molecule has 0 fully saturated rings. The number of aryl methyl sites for hydroxylation is 1. The Bertz CT molecular complexity index is 1610. The molecule has 186 valence electrons. The highest BCUT2D eigenvalue weighted by atomic mass is 32.2. The zero-order chi connectivity index (χ0) is 25.4. The van der Waals surface area contributed by atoms with Crippen molar-refractivity contribution in [3.05, 3.63) is 76.4 Å². The average molecular weight is 526 g/mol. The van der Waals surface area contributed by atoms with Crippen LogP contribution in [0.3, 0.4) is 0 Å². The molecule has 0 spiro atoms. The van der Waals surface area contributed by atoms with Gasteiger partial charge in [0.2, 0.25) is 0 Å². The summed E-state index contributed by atoms with van der Waals surface area (Å²) in [6.45, 7) is 2.24. The molecular weight excluding hydrogens is 502 g/mol. The van der Waals surface area contributed by atoms with Gasteiger partial charge in [-0.1, -0.05) is 23.5 Å². The summed E-state index contributed by atoms with van der Waals surface area (Å²) in [4.78, 5) is 25.4. The van der Waals surface area contributed by atoms with Gasteiger partial charge >= 0.3 is 4.87 Å². The largest absolute Gasteiger partial charge is 0.497 e. The van der Waals surface area contributed by atoms with Gasteiger partial charge in [0, 0.05) is 12.2 Å². The van der Waals surface area contributed by atoms with Crippen LogP contribution in [-0.2, 0) is 21.4 Å². The molecule has 1 atom stereocenters. The number of hydrogen-bond acceptors (Lipinski definition) is 7. The van der Waals surface area contributed by atoms with Crippen molar-refractivity contribution in [2.24, 2.45) is 0 Å². The minimum atomic E-state index is -3.99. The van der Waals surface area contributed by atoms with Gasteiger partial charge in [0.25, 0.3) is 15.9 Å². The van der Waals surface area contributed by atoms with Crippen molar-refractivity contribution in [1.82, 2.24) is 4.57 Å². The second-order valence-corrected chi connectivity index (χ2v) is 10.9. The summed E-state index contributed by atoms with van der Waals surface area (Å²) in [5.41, 5.74) is 1.64. The number of carbonyl (C=O) groups excluding carboxylic acids is 1. The fourth-order valence-electron chi connectivity index (χ4n) is 4.11. The highest BCUT2D eigenvalue weighted by Crippen LogP contribution is 2.37. The second-order valence-electron chi connectivity index (χ2n) is 8.07. The van der Waals surface area contributed by atoms with E-state index < -0.39 is 22.0 Å². The maximum absolute atomic E-state index is 13.6. The fourth-order valence-corrected chi connectivity index (χ4v) is 6.58. The standard InChI is InChI=1S/C25H23N3O6S2/c1-3-27-20-13-8-16(14-23(20)35-25(27)30)26-24(29)22-15-28(19-6-4-5-7-21(19)34-22)36(31,32)18-11-9-17(33-2)10-12-18/h4-14,22H,3,15H2,1-2H3,(H,26,29)/t22-/m1/s1. The van der Waals surface area contributed by atoms with Crippen molar-refractivity contribution in [3.8, 4) is 11.5 Å². The minimum Gasteiger partial charge on any atom is -0.497 e. The molecule has 5 rings (SSSR count). The van der Waals surface area contributed by atoms with Gasteiger partial charge < -0.3 is 14.8 Å². The number of benzene rings is 3. The van der Waals surface area contributed by atoms with Crippen molar-refractivity contribution in [2.75, 3.05) is 23.3 Å². The Morgan fingerprint density at radius 2 is 1.89 bits per heavy atom. The molecule has 0 radical (unpaired) electrons. The van der Waals surface area contributed by atoms with E-state index in [4.69, 9.17) is 9.47 Å². The lowest BCUT2D eigenvalue weighted by Gasteiger charge is -2.34. The van der Waals surface area contributed by atoms with E-state index in [1.807, 2.05) is 6.92 Å². The average Bonchev–Trinajstić information content (AvgIpc) is 3.21. The lowest BCUT2D eigenvalue weighted by atomic mass is 10.2. The SMILES string of the molecule is CCn1c(=O)sc2cc(NC(=O)[C@H]3CN(S(=O)(=O)c4ccc(OC)cc4)c4ccccc4O3)ccc21. The lowest BCUT2D eigenvalue weighted by Crippen LogP contribution is -2.48. The van der Waals surface area contributed by atoms with E-state index in [2.05, 4.69) is 5.32 Å². The van der Waals surface area contributed by atoms with Gasteiger partial charge in [0.05, 0.1) is 34.5 Å². The monoisotopic (exact) mass is 525 g/mol. The van der Waals surface area contributed by atoms with E-state index >= 15 is 0 Å². The van der Waals surface area contributed by atoms with Crippen LogP contribution >= 0.6 is 11.3 Å². The number of methoxy groups -OCH3 is 1. The Balaban J connectivity index is 1.44. The van der Waals surface area contributed by atoms with Gasteiger partial charge in [-0.25, -0.2) is 8.42 Å². The predicted molar refractivity (Wildman–Crippen MR) is 139 cm³/mol. The molecule has 1 aliphatic rings. The fraction of sp³-hybridized carbons (Fsp3) is 0.200. The van der Waals surface area contributed by atoms with Crippen LogP contribution < -0.4 is 24.0 Å². The summed E-state index contributed by atoms with van der Waals surface area (Å²) in [5.74, 6) is 0.320. The molecule has 36 heavy (non-hydrogen) atoms. The van der Waals surface area contributed by atoms with Gasteiger partial charge in [0.15, 0.2) is 6.10 Å². The molecular formula is C25H23N3O6S2. The Labute approximate surface area is 211 Å². The number of sulfonamides is 1. The molecule has 1 aromatic heterocycles. The van der Waals surface area contributed by atoms with Crippen LogP contribution in [0.4, 0.5) is 11.4 Å². The number of thiazole rings is 1. The summed E-state index contributed by atoms with van der Waals surface area (Å²) >= 11 is 1.10. The number of aromatic nitrogens is 1. The van der Waals surface area contributed by atoms with E-state index in [0.29, 0.717) is 23.7 Å². The highest BCUT2D eigenvalue weighted by Gasteiger charge is 2.37. The number of rotatable bonds is 6.